The first-order chi connectivity index (χ1) is 17.9. The molecule has 37 heavy (non-hydrogen) atoms. The minimum atomic E-state index is -0.448. The number of nitrogens with one attached hydrogen (secondary N) is 1. The highest BCUT2D eigenvalue weighted by Crippen LogP contribution is 2.30. The molecule has 0 radical (unpaired) electrons. The van der Waals surface area contributed by atoms with E-state index in [2.05, 4.69) is 10.5 Å². The fraction of sp³-hybridized carbons (Fsp3) is 0.259. The Morgan fingerprint density at radius 1 is 0.946 bits per heavy atom. The number of hydrogen-bond acceptors (Lipinski definition) is 8. The lowest BCUT2D eigenvalue weighted by molar-refractivity contribution is -0.384. The average molecular weight is 508 g/mol. The van der Waals surface area contributed by atoms with Gasteiger partial charge in [0.05, 0.1) is 31.5 Å². The molecule has 10 nitrogen and oxygen atoms in total. The maximum Gasteiger partial charge on any atom is 0.271 e. The Bertz CT molecular complexity index is 1240. The second-order valence-corrected chi connectivity index (χ2v) is 7.76. The summed E-state index contributed by atoms with van der Waals surface area (Å²) in [5.41, 5.74) is 4.37. The van der Waals surface area contributed by atoms with E-state index in [9.17, 15) is 14.9 Å². The van der Waals surface area contributed by atoms with Crippen molar-refractivity contribution in [2.24, 2.45) is 5.10 Å². The fourth-order valence-corrected chi connectivity index (χ4v) is 3.24. The molecule has 0 aliphatic carbocycles. The number of carbonyl (C=O) groups excluding carboxylic acids is 1. The third kappa shape index (κ3) is 7.69. The Labute approximate surface area is 215 Å². The standard InChI is InChI=1S/C27H29N3O7/c1-4-14-36-23-13-9-21(16-25(23)34-3)27(31)29-28-17-20-8-12-24(26(15-20)35-5-2)37-18-19-6-10-22(11-7-19)30(32)33/h6-13,15-17H,4-5,14,18H2,1-3H3,(H,29,31)/b28-17+. The second-order valence-electron chi connectivity index (χ2n) is 7.76. The van der Waals surface area contributed by atoms with Crippen LogP contribution in [0.1, 0.15) is 41.8 Å². The van der Waals surface area contributed by atoms with Crippen LogP contribution in [0.4, 0.5) is 5.69 Å². The number of non-ortho nitro benzene ring substituents is 1. The number of nitro benzene ring substituents is 1. The number of nitrogens with zero attached hydrogens (tertiary/aromatic N) is 2. The Balaban J connectivity index is 1.63. The van der Waals surface area contributed by atoms with Gasteiger partial charge in [-0.1, -0.05) is 6.92 Å². The minimum absolute atomic E-state index is 0.0200. The highest BCUT2D eigenvalue weighted by molar-refractivity contribution is 5.95. The molecule has 3 aromatic rings. The predicted molar refractivity (Wildman–Crippen MR) is 139 cm³/mol. The molecule has 0 heterocycles. The number of methoxy groups -OCH3 is 1. The molecular formula is C27H29N3O7. The summed E-state index contributed by atoms with van der Waals surface area (Å²) in [6.07, 6.45) is 2.36. The summed E-state index contributed by atoms with van der Waals surface area (Å²) < 4.78 is 22.5. The zero-order valence-corrected chi connectivity index (χ0v) is 20.9. The maximum atomic E-state index is 12.5. The van der Waals surface area contributed by atoms with Gasteiger partial charge in [0, 0.05) is 17.7 Å². The molecule has 3 rings (SSSR count). The van der Waals surface area contributed by atoms with Gasteiger partial charge in [-0.05, 0) is 73.0 Å². The molecule has 0 atom stereocenters. The number of nitro groups is 1. The molecule has 1 amide bonds. The van der Waals surface area contributed by atoms with E-state index in [0.29, 0.717) is 47.3 Å². The van der Waals surface area contributed by atoms with Gasteiger partial charge in [0.15, 0.2) is 23.0 Å². The molecule has 1 N–H and O–H groups in total. The number of amides is 1. The summed E-state index contributed by atoms with van der Waals surface area (Å²) in [6, 6.07) is 16.3. The lowest BCUT2D eigenvalue weighted by atomic mass is 10.2. The van der Waals surface area contributed by atoms with Gasteiger partial charge in [-0.2, -0.15) is 5.10 Å². The summed E-state index contributed by atoms with van der Waals surface area (Å²) in [4.78, 5) is 22.9. The monoisotopic (exact) mass is 507 g/mol. The van der Waals surface area contributed by atoms with Crippen molar-refractivity contribution in [1.82, 2.24) is 5.43 Å². The van der Waals surface area contributed by atoms with Crippen molar-refractivity contribution in [2.45, 2.75) is 26.9 Å². The van der Waals surface area contributed by atoms with Crippen molar-refractivity contribution in [1.29, 1.82) is 0 Å². The van der Waals surface area contributed by atoms with Crippen molar-refractivity contribution in [3.63, 3.8) is 0 Å². The summed E-state index contributed by atoms with van der Waals surface area (Å²) in [5.74, 6) is 1.66. The van der Waals surface area contributed by atoms with Gasteiger partial charge < -0.3 is 18.9 Å². The zero-order chi connectivity index (χ0) is 26.6. The van der Waals surface area contributed by atoms with Crippen LogP contribution in [0.15, 0.2) is 65.8 Å². The highest BCUT2D eigenvalue weighted by Gasteiger charge is 2.11. The number of hydrogen-bond donors (Lipinski definition) is 1. The third-order valence-electron chi connectivity index (χ3n) is 5.08. The van der Waals surface area contributed by atoms with Crippen molar-refractivity contribution in [3.05, 3.63) is 87.5 Å². The molecule has 194 valence electrons. The molecule has 0 unspecified atom stereocenters. The molecule has 10 heteroatoms. The van der Waals surface area contributed by atoms with E-state index in [1.165, 1.54) is 25.5 Å². The quantitative estimate of drug-likeness (QED) is 0.193. The first kappa shape index (κ1) is 27.0. The number of benzene rings is 3. The lowest BCUT2D eigenvalue weighted by Gasteiger charge is -2.12. The minimum Gasteiger partial charge on any atom is -0.493 e. The molecule has 0 bridgehead atoms. The predicted octanol–water partition coefficient (Wildman–Crippen LogP) is 5.13. The molecule has 0 aliphatic heterocycles. The Morgan fingerprint density at radius 3 is 2.35 bits per heavy atom. The smallest absolute Gasteiger partial charge is 0.271 e. The summed E-state index contributed by atoms with van der Waals surface area (Å²) in [6.45, 7) is 5.05. The van der Waals surface area contributed by atoms with Crippen molar-refractivity contribution < 1.29 is 28.7 Å². The number of carbonyl (C=O) groups is 1. The Morgan fingerprint density at radius 2 is 1.68 bits per heavy atom. The van der Waals surface area contributed by atoms with Crippen LogP contribution < -0.4 is 24.4 Å². The highest BCUT2D eigenvalue weighted by atomic mass is 16.6. The molecule has 0 aromatic heterocycles. The van der Waals surface area contributed by atoms with Crippen LogP contribution in [-0.2, 0) is 6.61 Å². The summed E-state index contributed by atoms with van der Waals surface area (Å²) in [7, 11) is 1.52. The fourth-order valence-electron chi connectivity index (χ4n) is 3.24. The third-order valence-corrected chi connectivity index (χ3v) is 5.08. The van der Waals surface area contributed by atoms with Crippen molar-refractivity contribution in [2.75, 3.05) is 20.3 Å². The maximum absolute atomic E-state index is 12.5. The lowest BCUT2D eigenvalue weighted by Crippen LogP contribution is -2.17. The summed E-state index contributed by atoms with van der Waals surface area (Å²) in [5, 5.41) is 14.9. The van der Waals surface area contributed by atoms with Gasteiger partial charge in [0.2, 0.25) is 0 Å². The SMILES string of the molecule is CCCOc1ccc(C(=O)N/N=C/c2ccc(OCc3ccc([N+](=O)[O-])cc3)c(OCC)c2)cc1OC. The number of ether oxygens (including phenoxy) is 4. The Hall–Kier alpha value is -4.60. The van der Waals surface area contributed by atoms with Gasteiger partial charge >= 0.3 is 0 Å². The van der Waals surface area contributed by atoms with Gasteiger partial charge in [0.25, 0.3) is 11.6 Å². The van der Waals surface area contributed by atoms with E-state index in [1.54, 1.807) is 48.5 Å². The van der Waals surface area contributed by atoms with Crippen LogP contribution in [0, 0.1) is 10.1 Å². The van der Waals surface area contributed by atoms with Crippen LogP contribution in [0.5, 0.6) is 23.0 Å². The molecule has 0 saturated heterocycles. The molecule has 0 spiro atoms. The number of rotatable bonds is 13. The van der Waals surface area contributed by atoms with E-state index in [4.69, 9.17) is 18.9 Å². The van der Waals surface area contributed by atoms with E-state index < -0.39 is 10.8 Å². The van der Waals surface area contributed by atoms with Crippen LogP contribution in [0.3, 0.4) is 0 Å². The van der Waals surface area contributed by atoms with Crippen LogP contribution in [0.25, 0.3) is 0 Å². The van der Waals surface area contributed by atoms with Crippen molar-refractivity contribution in [3.8, 4) is 23.0 Å². The zero-order valence-electron chi connectivity index (χ0n) is 20.9. The molecule has 0 saturated carbocycles. The van der Waals surface area contributed by atoms with Gasteiger partial charge in [-0.3, -0.25) is 14.9 Å². The molecule has 0 fully saturated rings. The normalized spacial score (nSPS) is 10.7. The molecular weight excluding hydrogens is 478 g/mol. The van der Waals surface area contributed by atoms with Crippen LogP contribution in [-0.4, -0.2) is 37.4 Å². The van der Waals surface area contributed by atoms with E-state index in [-0.39, 0.29) is 12.3 Å². The Kier molecular flexibility index (Phi) is 9.83. The van der Waals surface area contributed by atoms with E-state index >= 15 is 0 Å². The second kappa shape index (κ2) is 13.5. The van der Waals surface area contributed by atoms with Gasteiger partial charge in [-0.25, -0.2) is 5.43 Å². The van der Waals surface area contributed by atoms with Gasteiger partial charge in [-0.15, -0.1) is 0 Å². The van der Waals surface area contributed by atoms with Gasteiger partial charge in [0.1, 0.15) is 6.61 Å². The first-order valence-corrected chi connectivity index (χ1v) is 11.7. The summed E-state index contributed by atoms with van der Waals surface area (Å²) >= 11 is 0. The topological polar surface area (TPSA) is 122 Å². The van der Waals surface area contributed by atoms with Crippen molar-refractivity contribution >= 4 is 17.8 Å². The average Bonchev–Trinajstić information content (AvgIpc) is 2.91. The largest absolute Gasteiger partial charge is 0.493 e. The van der Waals surface area contributed by atoms with E-state index in [0.717, 1.165) is 12.0 Å². The molecule has 0 aliphatic rings. The van der Waals surface area contributed by atoms with E-state index in [1.807, 2.05) is 13.8 Å². The first-order valence-electron chi connectivity index (χ1n) is 11.7. The van der Waals surface area contributed by atoms with Crippen LogP contribution >= 0.6 is 0 Å². The molecule has 3 aromatic carbocycles. The van der Waals surface area contributed by atoms with Crippen LogP contribution in [0.2, 0.25) is 0 Å². The number of hydrazone groups is 1.